The minimum atomic E-state index is -0.270. The highest BCUT2D eigenvalue weighted by atomic mass is 16.4. The van der Waals surface area contributed by atoms with E-state index in [0.717, 1.165) is 0 Å². The summed E-state index contributed by atoms with van der Waals surface area (Å²) in [6.07, 6.45) is 0. The average molecular weight is 213 g/mol. The van der Waals surface area contributed by atoms with Crippen LogP contribution in [0.5, 0.6) is 0 Å². The lowest BCUT2D eigenvalue weighted by atomic mass is 10.2. The Morgan fingerprint density at radius 1 is 1.07 bits per heavy atom. The third-order valence-corrected chi connectivity index (χ3v) is 2.43. The van der Waals surface area contributed by atoms with Gasteiger partial charge in [-0.2, -0.15) is 0 Å². The van der Waals surface area contributed by atoms with E-state index in [4.69, 9.17) is 5.21 Å². The van der Waals surface area contributed by atoms with Gasteiger partial charge in [0.1, 0.15) is 0 Å². The number of amidine groups is 1. The fourth-order valence-corrected chi connectivity index (χ4v) is 1.59. The van der Waals surface area contributed by atoms with Crippen molar-refractivity contribution in [2.75, 3.05) is 26.2 Å². The molecular formula is C9H15N3O3. The van der Waals surface area contributed by atoms with Gasteiger partial charge < -0.3 is 15.0 Å². The van der Waals surface area contributed by atoms with E-state index in [1.165, 1.54) is 13.8 Å². The second kappa shape index (κ2) is 4.77. The summed E-state index contributed by atoms with van der Waals surface area (Å²) in [7, 11) is 0. The molecule has 6 heteroatoms. The standard InChI is InChI=1S/C9H15N3O3/c1-7(13)9(10-15)12-5-3-11(4-6-12)8(2)14/h15H,3-6H2,1-2H3/b10-9+. The number of oxime groups is 1. The van der Waals surface area contributed by atoms with Gasteiger partial charge in [-0.05, 0) is 0 Å². The molecule has 0 aromatic rings. The van der Waals surface area contributed by atoms with Gasteiger partial charge in [-0.1, -0.05) is 5.16 Å². The molecule has 0 aromatic carbocycles. The Labute approximate surface area is 88.1 Å². The van der Waals surface area contributed by atoms with Crippen LogP contribution in [-0.2, 0) is 9.59 Å². The van der Waals surface area contributed by atoms with Crippen LogP contribution in [0.1, 0.15) is 13.8 Å². The van der Waals surface area contributed by atoms with Gasteiger partial charge in [-0.3, -0.25) is 9.59 Å². The summed E-state index contributed by atoms with van der Waals surface area (Å²) in [5.41, 5.74) is 0. The number of piperazine rings is 1. The Bertz CT molecular complexity index is 293. The van der Waals surface area contributed by atoms with Crippen LogP contribution in [0.4, 0.5) is 0 Å². The van der Waals surface area contributed by atoms with Crippen LogP contribution in [0.25, 0.3) is 0 Å². The fourth-order valence-electron chi connectivity index (χ4n) is 1.59. The Kier molecular flexibility index (Phi) is 3.65. The highest BCUT2D eigenvalue weighted by Crippen LogP contribution is 2.03. The van der Waals surface area contributed by atoms with Crippen molar-refractivity contribution in [1.29, 1.82) is 0 Å². The number of nitrogens with zero attached hydrogens (tertiary/aromatic N) is 3. The summed E-state index contributed by atoms with van der Waals surface area (Å²) < 4.78 is 0. The van der Waals surface area contributed by atoms with Crippen LogP contribution < -0.4 is 0 Å². The molecule has 1 aliphatic heterocycles. The molecule has 1 saturated heterocycles. The first-order valence-electron chi connectivity index (χ1n) is 4.79. The maximum absolute atomic E-state index is 11.1. The molecule has 1 fully saturated rings. The van der Waals surface area contributed by atoms with E-state index in [2.05, 4.69) is 5.16 Å². The van der Waals surface area contributed by atoms with Gasteiger partial charge in [0.25, 0.3) is 0 Å². The van der Waals surface area contributed by atoms with Gasteiger partial charge in [0.15, 0.2) is 5.78 Å². The van der Waals surface area contributed by atoms with E-state index >= 15 is 0 Å². The molecule has 0 radical (unpaired) electrons. The van der Waals surface area contributed by atoms with Crippen molar-refractivity contribution < 1.29 is 14.8 Å². The van der Waals surface area contributed by atoms with Gasteiger partial charge in [0, 0.05) is 40.0 Å². The maximum Gasteiger partial charge on any atom is 0.219 e. The van der Waals surface area contributed by atoms with E-state index in [1.54, 1.807) is 9.80 Å². The summed E-state index contributed by atoms with van der Waals surface area (Å²) in [4.78, 5) is 25.5. The minimum absolute atomic E-state index is 0.0277. The van der Waals surface area contributed by atoms with Crippen LogP contribution in [0, 0.1) is 0 Å². The van der Waals surface area contributed by atoms with Crippen molar-refractivity contribution in [3.63, 3.8) is 0 Å². The molecule has 84 valence electrons. The molecule has 1 rings (SSSR count). The molecule has 6 nitrogen and oxygen atoms in total. The molecule has 1 N–H and O–H groups in total. The average Bonchev–Trinajstić information content (AvgIpc) is 2.19. The first kappa shape index (κ1) is 11.5. The van der Waals surface area contributed by atoms with Crippen LogP contribution in [-0.4, -0.2) is 58.7 Å². The zero-order valence-electron chi connectivity index (χ0n) is 8.93. The Hall–Kier alpha value is -1.59. The van der Waals surface area contributed by atoms with E-state index < -0.39 is 0 Å². The molecule has 0 atom stereocenters. The molecule has 0 bridgehead atoms. The van der Waals surface area contributed by atoms with Gasteiger partial charge >= 0.3 is 0 Å². The predicted molar refractivity (Wildman–Crippen MR) is 53.7 cm³/mol. The normalized spacial score (nSPS) is 17.9. The number of rotatable bonds is 1. The highest BCUT2D eigenvalue weighted by molar-refractivity contribution is 6.37. The molecule has 1 aliphatic rings. The highest BCUT2D eigenvalue weighted by Gasteiger charge is 2.23. The molecule has 0 aliphatic carbocycles. The van der Waals surface area contributed by atoms with E-state index in [-0.39, 0.29) is 17.5 Å². The van der Waals surface area contributed by atoms with Crippen molar-refractivity contribution in [2.24, 2.45) is 5.16 Å². The van der Waals surface area contributed by atoms with E-state index in [9.17, 15) is 9.59 Å². The zero-order chi connectivity index (χ0) is 11.4. The second-order valence-electron chi connectivity index (χ2n) is 3.47. The lowest BCUT2D eigenvalue weighted by molar-refractivity contribution is -0.130. The largest absolute Gasteiger partial charge is 0.409 e. The molecule has 0 saturated carbocycles. The third kappa shape index (κ3) is 2.68. The quantitative estimate of drug-likeness (QED) is 0.276. The topological polar surface area (TPSA) is 73.2 Å². The second-order valence-corrected chi connectivity index (χ2v) is 3.47. The third-order valence-electron chi connectivity index (χ3n) is 2.43. The van der Waals surface area contributed by atoms with Crippen molar-refractivity contribution >= 4 is 17.5 Å². The smallest absolute Gasteiger partial charge is 0.219 e. The lowest BCUT2D eigenvalue weighted by Gasteiger charge is -2.34. The first-order valence-corrected chi connectivity index (χ1v) is 4.79. The zero-order valence-corrected chi connectivity index (χ0v) is 8.93. The summed E-state index contributed by atoms with van der Waals surface area (Å²) in [6, 6.07) is 0. The summed E-state index contributed by atoms with van der Waals surface area (Å²) in [6.45, 7) is 5.04. The Balaban J connectivity index is 2.57. The lowest BCUT2D eigenvalue weighted by Crippen LogP contribution is -2.51. The fraction of sp³-hybridized carbons (Fsp3) is 0.667. The predicted octanol–water partition coefficient (Wildman–Crippen LogP) is -0.473. The van der Waals surface area contributed by atoms with E-state index in [0.29, 0.717) is 26.2 Å². The van der Waals surface area contributed by atoms with Crippen molar-refractivity contribution in [1.82, 2.24) is 9.80 Å². The molecule has 15 heavy (non-hydrogen) atoms. The molecular weight excluding hydrogens is 198 g/mol. The number of hydrogen-bond acceptors (Lipinski definition) is 4. The van der Waals surface area contributed by atoms with Gasteiger partial charge in [-0.25, -0.2) is 0 Å². The number of carbonyl (C=O) groups excluding carboxylic acids is 2. The van der Waals surface area contributed by atoms with Gasteiger partial charge in [-0.15, -0.1) is 0 Å². The summed E-state index contributed by atoms with van der Waals surface area (Å²) in [5, 5.41) is 11.6. The first-order chi connectivity index (χ1) is 7.06. The van der Waals surface area contributed by atoms with Gasteiger partial charge in [0.2, 0.25) is 11.7 Å². The van der Waals surface area contributed by atoms with Crippen LogP contribution in [0.3, 0.4) is 0 Å². The SMILES string of the molecule is CC(=O)/C(=N\O)N1CCN(C(C)=O)CC1. The monoisotopic (exact) mass is 213 g/mol. The molecule has 0 unspecified atom stereocenters. The number of carbonyl (C=O) groups is 2. The van der Waals surface area contributed by atoms with Crippen molar-refractivity contribution in [2.45, 2.75) is 13.8 Å². The molecule has 1 amide bonds. The van der Waals surface area contributed by atoms with Gasteiger partial charge in [0.05, 0.1) is 0 Å². The number of hydrogen-bond donors (Lipinski definition) is 1. The molecule has 0 aromatic heterocycles. The molecule has 1 heterocycles. The number of Topliss-reactive ketones (excluding diaryl/α,β-unsaturated/α-hetero) is 1. The van der Waals surface area contributed by atoms with Crippen LogP contribution >= 0.6 is 0 Å². The van der Waals surface area contributed by atoms with Crippen LogP contribution in [0.2, 0.25) is 0 Å². The summed E-state index contributed by atoms with van der Waals surface area (Å²) >= 11 is 0. The minimum Gasteiger partial charge on any atom is -0.409 e. The number of ketones is 1. The number of amides is 1. The maximum atomic E-state index is 11.1. The molecule has 0 spiro atoms. The van der Waals surface area contributed by atoms with Crippen molar-refractivity contribution in [3.8, 4) is 0 Å². The Morgan fingerprint density at radius 2 is 1.53 bits per heavy atom. The van der Waals surface area contributed by atoms with E-state index in [1.807, 2.05) is 0 Å². The Morgan fingerprint density at radius 3 is 1.87 bits per heavy atom. The summed E-state index contributed by atoms with van der Waals surface area (Å²) in [5.74, 6) is -0.174. The van der Waals surface area contributed by atoms with Crippen molar-refractivity contribution in [3.05, 3.63) is 0 Å². The van der Waals surface area contributed by atoms with Crippen LogP contribution in [0.15, 0.2) is 5.16 Å².